The van der Waals surface area contributed by atoms with Crippen LogP contribution in [0.15, 0.2) is 12.4 Å². The molecule has 2 atom stereocenters. The molecule has 2 aromatic rings. The zero-order valence-corrected chi connectivity index (χ0v) is 16.8. The predicted octanol–water partition coefficient (Wildman–Crippen LogP) is -1.42. The van der Waals surface area contributed by atoms with E-state index >= 15 is 0 Å². The first-order valence-electron chi connectivity index (χ1n) is 9.33. The summed E-state index contributed by atoms with van der Waals surface area (Å²) in [6, 6.07) is 0. The quantitative estimate of drug-likeness (QED) is 0.227. The number of hydrogen-bond acceptors (Lipinski definition) is 10. The molecule has 0 aliphatic rings. The second-order valence-corrected chi connectivity index (χ2v) is 6.93. The van der Waals surface area contributed by atoms with E-state index in [0.717, 1.165) is 9.36 Å². The van der Waals surface area contributed by atoms with Crippen LogP contribution >= 0.6 is 0 Å². The fourth-order valence-electron chi connectivity index (χ4n) is 2.31. The normalized spacial score (nSPS) is 14.6. The van der Waals surface area contributed by atoms with Crippen molar-refractivity contribution in [1.29, 1.82) is 0 Å². The molecule has 0 radical (unpaired) electrons. The van der Waals surface area contributed by atoms with Gasteiger partial charge in [-0.25, -0.2) is 9.36 Å². The highest BCUT2D eigenvalue weighted by Gasteiger charge is 2.56. The summed E-state index contributed by atoms with van der Waals surface area (Å²) >= 11 is 0. The van der Waals surface area contributed by atoms with Crippen LogP contribution in [0.2, 0.25) is 0 Å². The molecule has 0 aliphatic carbocycles. The van der Waals surface area contributed by atoms with Crippen molar-refractivity contribution in [3.63, 3.8) is 0 Å². The number of aromatic nitrogens is 6. The number of hydrogen-bond donors (Lipinski definition) is 4. The van der Waals surface area contributed by atoms with E-state index in [2.05, 4.69) is 30.1 Å². The van der Waals surface area contributed by atoms with Gasteiger partial charge < -0.3 is 29.9 Å². The molecule has 0 saturated heterocycles. The zero-order chi connectivity index (χ0) is 23.8. The van der Waals surface area contributed by atoms with Crippen molar-refractivity contribution in [2.45, 2.75) is 50.4 Å². The Morgan fingerprint density at radius 2 is 1.16 bits per heavy atom. The second kappa shape index (κ2) is 11.6. The van der Waals surface area contributed by atoms with Crippen LogP contribution in [0.25, 0.3) is 0 Å². The Labute approximate surface area is 179 Å². The van der Waals surface area contributed by atoms with Gasteiger partial charge in [0.1, 0.15) is 24.6 Å². The summed E-state index contributed by atoms with van der Waals surface area (Å²) in [6.45, 7) is -5.47. The molecule has 2 unspecified atom stereocenters. The summed E-state index contributed by atoms with van der Waals surface area (Å²) in [7, 11) is 0. The summed E-state index contributed by atoms with van der Waals surface area (Å²) in [5.74, 6) is -9.09. The van der Waals surface area contributed by atoms with Gasteiger partial charge in [-0.05, 0) is 0 Å². The Morgan fingerprint density at radius 3 is 1.50 bits per heavy atom. The van der Waals surface area contributed by atoms with Crippen molar-refractivity contribution in [3.05, 3.63) is 23.8 Å². The third-order valence-corrected chi connectivity index (χ3v) is 3.99. The average molecular weight is 472 g/mol. The van der Waals surface area contributed by atoms with Crippen molar-refractivity contribution < 1.29 is 47.5 Å². The largest absolute Gasteiger partial charge is 0.394 e. The fraction of sp³-hybridized carbons (Fsp3) is 0.750. The van der Waals surface area contributed by atoms with Gasteiger partial charge in [0, 0.05) is 0 Å². The second-order valence-electron chi connectivity index (χ2n) is 6.93. The monoisotopic (exact) mass is 472 g/mol. The fourth-order valence-corrected chi connectivity index (χ4v) is 2.31. The molecule has 0 aromatic carbocycles. The molecule has 0 amide bonds. The first-order valence-corrected chi connectivity index (χ1v) is 9.33. The highest BCUT2D eigenvalue weighted by atomic mass is 19.3. The Hall–Kier alpha value is -2.24. The van der Waals surface area contributed by atoms with Crippen LogP contribution in [-0.4, -0.2) is 101 Å². The van der Waals surface area contributed by atoms with Crippen LogP contribution in [0.4, 0.5) is 17.6 Å². The topological polar surface area (TPSA) is 161 Å². The van der Waals surface area contributed by atoms with Crippen LogP contribution < -0.4 is 0 Å². The molecule has 2 rings (SSSR count). The maximum Gasteiger partial charge on any atom is 0.335 e. The van der Waals surface area contributed by atoms with Gasteiger partial charge in [-0.3, -0.25) is 0 Å². The van der Waals surface area contributed by atoms with E-state index in [1.54, 1.807) is 0 Å². The molecule has 0 bridgehead atoms. The van der Waals surface area contributed by atoms with Crippen molar-refractivity contribution in [2.75, 3.05) is 26.4 Å². The van der Waals surface area contributed by atoms with Gasteiger partial charge in [0.05, 0.1) is 64.1 Å². The lowest BCUT2D eigenvalue weighted by atomic mass is 10.2. The number of aliphatic hydroxyl groups is 4. The molecule has 182 valence electrons. The number of ether oxygens (including phenoxy) is 2. The molecule has 0 spiro atoms. The minimum Gasteiger partial charge on any atom is -0.394 e. The van der Waals surface area contributed by atoms with Crippen LogP contribution in [0.3, 0.4) is 0 Å². The summed E-state index contributed by atoms with van der Waals surface area (Å²) in [5.41, 5.74) is 0.139. The van der Waals surface area contributed by atoms with E-state index in [-0.39, 0.29) is 24.5 Å². The zero-order valence-electron chi connectivity index (χ0n) is 16.8. The lowest BCUT2D eigenvalue weighted by Crippen LogP contribution is -2.47. The van der Waals surface area contributed by atoms with Crippen molar-refractivity contribution in [3.8, 4) is 0 Å². The minimum atomic E-state index is -4.54. The lowest BCUT2D eigenvalue weighted by Gasteiger charge is -2.25. The van der Waals surface area contributed by atoms with Crippen LogP contribution in [0.1, 0.15) is 11.4 Å². The van der Waals surface area contributed by atoms with Crippen LogP contribution in [-0.2, 0) is 35.8 Å². The number of halogens is 4. The molecule has 2 aromatic heterocycles. The SMILES string of the molecule is OCC(O)Cn1cc(COCC(F)(F)C(F)(F)COCc2cn(CC(O)CO)nn2)nn1. The van der Waals surface area contributed by atoms with Gasteiger partial charge in [-0.2, -0.15) is 17.6 Å². The Morgan fingerprint density at radius 1 is 0.781 bits per heavy atom. The summed E-state index contributed by atoms with van der Waals surface area (Å²) in [5, 5.41) is 50.4. The molecular formula is C16H24F4N6O6. The van der Waals surface area contributed by atoms with E-state index in [9.17, 15) is 27.8 Å². The highest BCUT2D eigenvalue weighted by molar-refractivity contribution is 4.92. The molecule has 2 heterocycles. The van der Waals surface area contributed by atoms with E-state index < -0.39 is 63.7 Å². The number of nitrogens with zero attached hydrogens (tertiary/aromatic N) is 6. The van der Waals surface area contributed by atoms with Crippen LogP contribution in [0, 0.1) is 0 Å². The maximum atomic E-state index is 13.9. The Bertz CT molecular complexity index is 756. The van der Waals surface area contributed by atoms with E-state index in [1.165, 1.54) is 12.4 Å². The average Bonchev–Trinajstić information content (AvgIpc) is 3.36. The van der Waals surface area contributed by atoms with Gasteiger partial charge in [0.15, 0.2) is 0 Å². The number of rotatable bonds is 15. The molecule has 32 heavy (non-hydrogen) atoms. The first-order chi connectivity index (χ1) is 15.1. The van der Waals surface area contributed by atoms with E-state index in [1.807, 2.05) is 0 Å². The highest BCUT2D eigenvalue weighted by Crippen LogP contribution is 2.35. The standard InChI is InChI=1S/C16H24F4N6O6/c17-15(18,9-31-7-11-1-25(23-21-11)3-13(29)5-27)16(19,20)10-32-8-12-2-26(24-22-12)4-14(30)6-28/h1-2,13-14,27-30H,3-10H2. The maximum absolute atomic E-state index is 13.9. The lowest BCUT2D eigenvalue weighted by molar-refractivity contribution is -0.253. The van der Waals surface area contributed by atoms with Gasteiger partial charge in [0.2, 0.25) is 0 Å². The number of alkyl halides is 4. The first kappa shape index (κ1) is 26.0. The van der Waals surface area contributed by atoms with Gasteiger partial charge in [0.25, 0.3) is 0 Å². The minimum absolute atomic E-state index is 0.0694. The van der Waals surface area contributed by atoms with Gasteiger partial charge >= 0.3 is 11.8 Å². The molecule has 12 nitrogen and oxygen atoms in total. The molecule has 0 aliphatic heterocycles. The Kier molecular flexibility index (Phi) is 9.41. The predicted molar refractivity (Wildman–Crippen MR) is 95.4 cm³/mol. The molecule has 4 N–H and O–H groups in total. The molecule has 16 heteroatoms. The molecular weight excluding hydrogens is 448 g/mol. The van der Waals surface area contributed by atoms with Crippen molar-refractivity contribution >= 4 is 0 Å². The van der Waals surface area contributed by atoms with Crippen molar-refractivity contribution in [1.82, 2.24) is 30.0 Å². The summed E-state index contributed by atoms with van der Waals surface area (Å²) in [6.07, 6.45) is 0.325. The Balaban J connectivity index is 1.77. The van der Waals surface area contributed by atoms with Crippen LogP contribution in [0.5, 0.6) is 0 Å². The molecule has 0 fully saturated rings. The number of aliphatic hydroxyl groups excluding tert-OH is 4. The van der Waals surface area contributed by atoms with Crippen molar-refractivity contribution in [2.24, 2.45) is 0 Å². The van der Waals surface area contributed by atoms with Gasteiger partial charge in [-0.15, -0.1) is 10.2 Å². The third-order valence-electron chi connectivity index (χ3n) is 3.99. The molecule has 0 saturated carbocycles. The summed E-state index contributed by atoms with van der Waals surface area (Å²) < 4.78 is 67.2. The summed E-state index contributed by atoms with van der Waals surface area (Å²) in [4.78, 5) is 0. The smallest absolute Gasteiger partial charge is 0.335 e. The van der Waals surface area contributed by atoms with E-state index in [4.69, 9.17) is 10.2 Å². The van der Waals surface area contributed by atoms with Gasteiger partial charge in [-0.1, -0.05) is 10.4 Å². The third kappa shape index (κ3) is 7.72. The van der Waals surface area contributed by atoms with E-state index in [0.29, 0.717) is 0 Å².